The summed E-state index contributed by atoms with van der Waals surface area (Å²) < 4.78 is 0. The van der Waals surface area contributed by atoms with Gasteiger partial charge in [-0.2, -0.15) is 0 Å². The van der Waals surface area contributed by atoms with Crippen LogP contribution in [0.4, 0.5) is 0 Å². The fourth-order valence-corrected chi connectivity index (χ4v) is 14.3. The zero-order chi connectivity index (χ0) is 19.5. The van der Waals surface area contributed by atoms with Crippen LogP contribution >= 0.6 is 6.60 Å². The number of benzene rings is 4. The van der Waals surface area contributed by atoms with E-state index in [1.807, 2.05) is 0 Å². The summed E-state index contributed by atoms with van der Waals surface area (Å²) in [6, 6.07) is 37.1. The van der Waals surface area contributed by atoms with Gasteiger partial charge in [0, 0.05) is 0 Å². The summed E-state index contributed by atoms with van der Waals surface area (Å²) in [6.45, 7) is -0.416. The third-order valence-electron chi connectivity index (χ3n) is 7.28. The van der Waals surface area contributed by atoms with E-state index < -0.39 is 6.60 Å². The van der Waals surface area contributed by atoms with Gasteiger partial charge in [-0.3, -0.25) is 0 Å². The molecule has 29 heavy (non-hydrogen) atoms. The van der Waals surface area contributed by atoms with Gasteiger partial charge in [-0.05, 0) is 0 Å². The second kappa shape index (κ2) is 5.91. The van der Waals surface area contributed by atoms with Crippen LogP contribution in [-0.2, 0) is 0 Å². The van der Waals surface area contributed by atoms with Crippen LogP contribution in [0, 0.1) is 0 Å². The van der Waals surface area contributed by atoms with Crippen LogP contribution in [0.25, 0.3) is 22.3 Å². The maximum atomic E-state index is 2.45. The summed E-state index contributed by atoms with van der Waals surface area (Å²) in [4.78, 5) is 0. The molecule has 0 aromatic heterocycles. The molecule has 0 radical (unpaired) electrons. The normalized spacial score (nSPS) is 17.6. The molecule has 0 amide bonds. The van der Waals surface area contributed by atoms with Crippen molar-refractivity contribution < 1.29 is 0 Å². The standard InChI is InChI=1S/C28H25P/c1-2-3-20-29(25-16-8-4-12-21(25)22-13-5-9-17-26(22)29)27-18-10-6-14-23(27)24-15-7-11-19-28(24)29/h4-19H,2-3,20H2,1H3. The van der Waals surface area contributed by atoms with E-state index in [1.165, 1.54) is 41.3 Å². The third kappa shape index (κ3) is 1.80. The van der Waals surface area contributed by atoms with Crippen LogP contribution < -0.4 is 21.2 Å². The van der Waals surface area contributed by atoms with Gasteiger partial charge < -0.3 is 0 Å². The van der Waals surface area contributed by atoms with Crippen LogP contribution in [0.1, 0.15) is 19.8 Å². The summed E-state index contributed by atoms with van der Waals surface area (Å²) in [6.07, 6.45) is 3.68. The Morgan fingerprint density at radius 1 is 0.483 bits per heavy atom. The van der Waals surface area contributed by atoms with Crippen molar-refractivity contribution in [3.8, 4) is 22.3 Å². The zero-order valence-electron chi connectivity index (χ0n) is 16.8. The summed E-state index contributed by atoms with van der Waals surface area (Å²) in [7, 11) is 0. The Labute approximate surface area is 173 Å². The molecule has 0 aliphatic carbocycles. The minimum absolute atomic E-state index is 1.21. The predicted octanol–water partition coefficient (Wildman–Crippen LogP) is 5.60. The first-order chi connectivity index (χ1) is 14.3. The van der Waals surface area contributed by atoms with Crippen molar-refractivity contribution in [1.29, 1.82) is 0 Å². The summed E-state index contributed by atoms with van der Waals surface area (Å²) in [5, 5.41) is 6.35. The van der Waals surface area contributed by atoms with E-state index in [4.69, 9.17) is 0 Å². The summed E-state index contributed by atoms with van der Waals surface area (Å²) >= 11 is 0. The molecular weight excluding hydrogens is 367 g/mol. The van der Waals surface area contributed by atoms with Crippen LogP contribution in [0.2, 0.25) is 0 Å². The number of rotatable bonds is 3. The summed E-state index contributed by atoms with van der Waals surface area (Å²) in [5.41, 5.74) is 5.79. The van der Waals surface area contributed by atoms with Crippen molar-refractivity contribution in [2.75, 3.05) is 6.16 Å². The Balaban J connectivity index is 1.92. The molecule has 0 saturated carbocycles. The second-order valence-corrected chi connectivity index (χ2v) is 13.4. The molecule has 0 N–H and O–H groups in total. The maximum absolute atomic E-state index is 2.75. The molecule has 0 nitrogen and oxygen atoms in total. The van der Waals surface area contributed by atoms with Crippen LogP contribution in [0.5, 0.6) is 0 Å². The zero-order valence-corrected chi connectivity index (χ0v) is 17.7. The molecule has 2 aliphatic heterocycles. The van der Waals surface area contributed by atoms with E-state index >= 15 is 0 Å². The van der Waals surface area contributed by atoms with Crippen molar-refractivity contribution in [2.24, 2.45) is 0 Å². The first-order valence-electron chi connectivity index (χ1n) is 10.7. The fraction of sp³-hybridized carbons (Fsp3) is 0.143. The van der Waals surface area contributed by atoms with Gasteiger partial charge in [0.15, 0.2) is 0 Å². The first kappa shape index (κ1) is 17.2. The van der Waals surface area contributed by atoms with Gasteiger partial charge in [0.05, 0.1) is 0 Å². The van der Waals surface area contributed by atoms with E-state index in [2.05, 4.69) is 104 Å². The Morgan fingerprint density at radius 2 is 0.793 bits per heavy atom. The Bertz CT molecular complexity index is 1070. The van der Waals surface area contributed by atoms with Crippen LogP contribution in [-0.4, -0.2) is 6.16 Å². The molecule has 0 fully saturated rings. The van der Waals surface area contributed by atoms with Gasteiger partial charge in [-0.15, -0.1) is 0 Å². The molecule has 1 spiro atoms. The average Bonchev–Trinajstić information content (AvgIpc) is 3.22. The number of hydrogen-bond acceptors (Lipinski definition) is 0. The average molecular weight is 392 g/mol. The molecule has 4 aromatic carbocycles. The molecule has 0 saturated heterocycles. The molecule has 2 heterocycles. The molecule has 142 valence electrons. The van der Waals surface area contributed by atoms with E-state index in [-0.39, 0.29) is 0 Å². The van der Waals surface area contributed by atoms with Crippen molar-refractivity contribution in [3.05, 3.63) is 97.1 Å². The molecule has 2 aliphatic rings. The van der Waals surface area contributed by atoms with Crippen LogP contribution in [0.15, 0.2) is 97.1 Å². The summed E-state index contributed by atoms with van der Waals surface area (Å²) in [5.74, 6) is 0. The van der Waals surface area contributed by atoms with Crippen LogP contribution in [0.3, 0.4) is 0 Å². The van der Waals surface area contributed by atoms with E-state index in [0.717, 1.165) is 0 Å². The second-order valence-electron chi connectivity index (χ2n) is 8.45. The number of fused-ring (bicyclic) bond motifs is 10. The van der Waals surface area contributed by atoms with Gasteiger partial charge in [-0.25, -0.2) is 0 Å². The molecule has 6 rings (SSSR count). The predicted molar refractivity (Wildman–Crippen MR) is 129 cm³/mol. The Morgan fingerprint density at radius 3 is 1.10 bits per heavy atom. The minimum atomic E-state index is -2.75. The van der Waals surface area contributed by atoms with Gasteiger partial charge in [0.2, 0.25) is 0 Å². The topological polar surface area (TPSA) is 0 Å². The van der Waals surface area contributed by atoms with E-state index in [1.54, 1.807) is 21.2 Å². The van der Waals surface area contributed by atoms with Crippen molar-refractivity contribution in [2.45, 2.75) is 19.8 Å². The van der Waals surface area contributed by atoms with Crippen molar-refractivity contribution >= 4 is 27.8 Å². The molecule has 0 unspecified atom stereocenters. The SMILES string of the molecule is CCCCP12(c3ccccc3-c3ccccc31)c1ccccc1-c1ccccc12. The fourth-order valence-electron chi connectivity index (χ4n) is 6.26. The Kier molecular flexibility index (Phi) is 3.50. The van der Waals surface area contributed by atoms with Crippen molar-refractivity contribution in [3.63, 3.8) is 0 Å². The molecule has 0 atom stereocenters. The van der Waals surface area contributed by atoms with Gasteiger partial charge in [-0.1, -0.05) is 0 Å². The number of hydrogen-bond donors (Lipinski definition) is 0. The molecule has 0 bridgehead atoms. The monoisotopic (exact) mass is 392 g/mol. The van der Waals surface area contributed by atoms with E-state index in [0.29, 0.717) is 0 Å². The molecule has 4 aromatic rings. The molecular formula is C28H25P. The number of unbranched alkanes of at least 4 members (excludes halogenated alkanes) is 1. The Hall–Kier alpha value is -2.69. The van der Waals surface area contributed by atoms with Crippen molar-refractivity contribution in [1.82, 2.24) is 0 Å². The van der Waals surface area contributed by atoms with Gasteiger partial charge in [0.1, 0.15) is 0 Å². The third-order valence-corrected chi connectivity index (χ3v) is 14.3. The molecule has 1 heteroatoms. The van der Waals surface area contributed by atoms with E-state index in [9.17, 15) is 0 Å². The first-order valence-corrected chi connectivity index (χ1v) is 13.1. The van der Waals surface area contributed by atoms with Gasteiger partial charge in [0.25, 0.3) is 0 Å². The van der Waals surface area contributed by atoms with Gasteiger partial charge >= 0.3 is 173 Å². The quantitative estimate of drug-likeness (QED) is 0.398.